The Morgan fingerprint density at radius 2 is 0.843 bits per heavy atom. The number of aromatic amines is 2. The monoisotopic (exact) mass is 1140 g/mol. The summed E-state index contributed by atoms with van der Waals surface area (Å²) in [6.45, 7) is 5.88. The molecule has 0 aliphatic heterocycles. The Morgan fingerprint density at radius 1 is 0.458 bits per heavy atom. The predicted octanol–water partition coefficient (Wildman–Crippen LogP) is 16.8. The van der Waals surface area contributed by atoms with Crippen molar-refractivity contribution >= 4 is 11.6 Å². The molecule has 9 aromatic rings. The molecule has 6 aromatic carbocycles. The molecule has 0 saturated heterocycles. The number of hydrogen-bond acceptors (Lipinski definition) is 7. The minimum absolute atomic E-state index is 0.0965. The van der Waals surface area contributed by atoms with E-state index in [0.29, 0.717) is 45.1 Å². The fraction of sp³-hybridized carbons (Fsp3) is 0.250. The zero-order chi connectivity index (χ0) is 58.4. The Labute approximate surface area is 483 Å². The van der Waals surface area contributed by atoms with Crippen LogP contribution >= 0.6 is 11.6 Å². The average Bonchev–Trinajstić information content (AvgIpc) is 2.97. The third-order valence-corrected chi connectivity index (χ3v) is 15.6. The van der Waals surface area contributed by atoms with Gasteiger partial charge in [0.1, 0.15) is 46.1 Å². The van der Waals surface area contributed by atoms with Crippen molar-refractivity contribution in [1.29, 1.82) is 0 Å². The standard InChI is InChI=1S/C24H22F3NO3.C22H20ClNO2.C22H20FNO2/c1-15-22(23(29)20-5-3-4-6-21(20)28(15)2)16-7-9-17(10-8-16)30-18-11-13-19(14-12-18)31-24(25,26)27;2*1-14-21(22(25)19-7-2-3-8-20(19)24-14)15-9-11-17(12-10-15)26-18-6-4-5-16(23)13-18/h7-14H,3-6H2,1-2H3;2*4-6,9-13H,2-3,7-8H2,1H3,(H,24,25). The van der Waals surface area contributed by atoms with E-state index in [2.05, 4.69) is 19.3 Å². The van der Waals surface area contributed by atoms with Gasteiger partial charge in [-0.3, -0.25) is 14.4 Å². The quantitative estimate of drug-likeness (QED) is 0.131. The summed E-state index contributed by atoms with van der Waals surface area (Å²) in [5, 5.41) is 0.635. The van der Waals surface area contributed by atoms with E-state index < -0.39 is 6.36 Å². The maximum absolute atomic E-state index is 13.3. The van der Waals surface area contributed by atoms with Crippen molar-refractivity contribution in [3.8, 4) is 73.6 Å². The molecule has 0 radical (unpaired) electrons. The molecule has 2 N–H and O–H groups in total. The number of benzene rings is 6. The van der Waals surface area contributed by atoms with E-state index in [1.807, 2.05) is 94.5 Å². The van der Waals surface area contributed by atoms with Crippen molar-refractivity contribution in [2.24, 2.45) is 7.05 Å². The number of fused-ring (bicyclic) bond motifs is 3. The third kappa shape index (κ3) is 13.7. The highest BCUT2D eigenvalue weighted by Gasteiger charge is 2.31. The number of halogens is 5. The van der Waals surface area contributed by atoms with Crippen LogP contribution in [0.3, 0.4) is 0 Å². The highest BCUT2D eigenvalue weighted by atomic mass is 35.5. The maximum Gasteiger partial charge on any atom is 0.573 e. The van der Waals surface area contributed by atoms with Crippen molar-refractivity contribution in [2.45, 2.75) is 104 Å². The lowest BCUT2D eigenvalue weighted by atomic mass is 9.91. The lowest BCUT2D eigenvalue weighted by Gasteiger charge is -2.23. The molecule has 12 rings (SSSR count). The first-order valence-electron chi connectivity index (χ1n) is 27.9. The van der Waals surface area contributed by atoms with Crippen LogP contribution < -0.4 is 35.2 Å². The van der Waals surface area contributed by atoms with E-state index in [1.165, 1.54) is 36.4 Å². The zero-order valence-corrected chi connectivity index (χ0v) is 47.3. The molecule has 0 atom stereocenters. The van der Waals surface area contributed by atoms with Gasteiger partial charge in [0.25, 0.3) is 0 Å². The highest BCUT2D eigenvalue weighted by molar-refractivity contribution is 6.30. The summed E-state index contributed by atoms with van der Waals surface area (Å²) in [4.78, 5) is 46.0. The SMILES string of the molecule is Cc1[nH]c2c(c(=O)c1-c1ccc(Oc3cccc(Cl)c3)cc1)CCCC2.Cc1[nH]c2c(c(=O)c1-c1ccc(Oc3cccc(F)c3)cc1)CCCC2.Cc1c(-c2ccc(Oc3ccc(OC(F)(F)F)cc3)cc2)c(=O)c2c(n1C)CCCC2. The molecule has 10 nitrogen and oxygen atoms in total. The first-order valence-corrected chi connectivity index (χ1v) is 28.3. The van der Waals surface area contributed by atoms with Gasteiger partial charge in [-0.25, -0.2) is 4.39 Å². The number of alkyl halides is 3. The zero-order valence-electron chi connectivity index (χ0n) is 46.5. The number of aromatic nitrogens is 3. The second kappa shape index (κ2) is 25.3. The number of ether oxygens (including phenoxy) is 4. The van der Waals surface area contributed by atoms with E-state index in [0.717, 1.165) is 156 Å². The summed E-state index contributed by atoms with van der Waals surface area (Å²) in [7, 11) is 2.01. The van der Waals surface area contributed by atoms with Crippen LogP contribution in [-0.2, 0) is 45.6 Å². The van der Waals surface area contributed by atoms with Gasteiger partial charge in [0.15, 0.2) is 16.3 Å². The Hall–Kier alpha value is -8.62. The molecule has 0 saturated carbocycles. The fourth-order valence-electron chi connectivity index (χ4n) is 11.3. The van der Waals surface area contributed by atoms with E-state index in [4.69, 9.17) is 25.8 Å². The van der Waals surface area contributed by atoms with Crippen molar-refractivity contribution < 1.29 is 36.5 Å². The number of nitrogens with one attached hydrogen (secondary N) is 2. The first kappa shape index (κ1) is 57.6. The Morgan fingerprint density at radius 3 is 1.31 bits per heavy atom. The lowest BCUT2D eigenvalue weighted by Crippen LogP contribution is -2.25. The summed E-state index contributed by atoms with van der Waals surface area (Å²) in [5.41, 5.74) is 14.1. The van der Waals surface area contributed by atoms with Gasteiger partial charge in [-0.05, 0) is 206 Å². The summed E-state index contributed by atoms with van der Waals surface area (Å²) in [6.07, 6.45) is 7.22. The molecule has 0 spiro atoms. The number of pyridine rings is 3. The fourth-order valence-corrected chi connectivity index (χ4v) is 11.5. The number of H-pyrrole nitrogens is 2. The molecule has 3 heterocycles. The van der Waals surface area contributed by atoms with Crippen LogP contribution in [0.1, 0.15) is 89.4 Å². The third-order valence-electron chi connectivity index (χ3n) is 15.4. The second-order valence-corrected chi connectivity index (χ2v) is 21.5. The van der Waals surface area contributed by atoms with Gasteiger partial charge in [0.05, 0.1) is 0 Å². The molecular formula is C68H62ClF4N3O7. The van der Waals surface area contributed by atoms with Crippen LogP contribution in [0.4, 0.5) is 17.6 Å². The van der Waals surface area contributed by atoms with E-state index in [9.17, 15) is 31.9 Å². The molecule has 83 heavy (non-hydrogen) atoms. The van der Waals surface area contributed by atoms with Gasteiger partial charge in [-0.1, -0.05) is 60.1 Å². The van der Waals surface area contributed by atoms with Crippen molar-refractivity contribution in [3.63, 3.8) is 0 Å². The van der Waals surface area contributed by atoms with Crippen molar-refractivity contribution in [2.75, 3.05) is 0 Å². The summed E-state index contributed by atoms with van der Waals surface area (Å²) >= 11 is 5.99. The average molecular weight is 1140 g/mol. The van der Waals surface area contributed by atoms with Gasteiger partial charge in [-0.15, -0.1) is 13.2 Å². The molecule has 0 unspecified atom stereocenters. The van der Waals surface area contributed by atoms with Crippen LogP contribution in [0.2, 0.25) is 5.02 Å². The molecule has 3 aliphatic rings. The summed E-state index contributed by atoms with van der Waals surface area (Å²) < 4.78 is 73.3. The minimum Gasteiger partial charge on any atom is -0.457 e. The van der Waals surface area contributed by atoms with Gasteiger partial charge < -0.3 is 33.5 Å². The number of nitrogens with zero attached hydrogens (tertiary/aromatic N) is 1. The van der Waals surface area contributed by atoms with Crippen LogP contribution in [-0.4, -0.2) is 20.9 Å². The summed E-state index contributed by atoms with van der Waals surface area (Å²) in [6, 6.07) is 40.6. The molecule has 0 fully saturated rings. The predicted molar refractivity (Wildman–Crippen MR) is 317 cm³/mol. The Bertz CT molecular complexity index is 3820. The molecule has 426 valence electrons. The largest absolute Gasteiger partial charge is 0.573 e. The number of hydrogen-bond donors (Lipinski definition) is 2. The Kier molecular flexibility index (Phi) is 17.5. The molecule has 3 aromatic heterocycles. The van der Waals surface area contributed by atoms with E-state index in [-0.39, 0.29) is 27.9 Å². The number of aryl methyl sites for hydroxylation is 4. The van der Waals surface area contributed by atoms with Crippen molar-refractivity contribution in [3.05, 3.63) is 238 Å². The normalized spacial score (nSPS) is 13.4. The van der Waals surface area contributed by atoms with Gasteiger partial charge >= 0.3 is 6.36 Å². The topological polar surface area (TPSA) is 125 Å². The van der Waals surface area contributed by atoms with Crippen LogP contribution in [0.5, 0.6) is 40.2 Å². The molecule has 3 aliphatic carbocycles. The second-order valence-electron chi connectivity index (χ2n) is 21.0. The van der Waals surface area contributed by atoms with Gasteiger partial charge in [0.2, 0.25) is 0 Å². The number of rotatable bonds is 10. The van der Waals surface area contributed by atoms with Gasteiger partial charge in [0, 0.05) is 85.7 Å². The molecular weight excluding hydrogens is 1080 g/mol. The minimum atomic E-state index is -4.73. The molecule has 0 bridgehead atoms. The van der Waals surface area contributed by atoms with Crippen LogP contribution in [0, 0.1) is 26.6 Å². The van der Waals surface area contributed by atoms with E-state index in [1.54, 1.807) is 42.5 Å². The van der Waals surface area contributed by atoms with E-state index >= 15 is 0 Å². The van der Waals surface area contributed by atoms with Crippen molar-refractivity contribution in [1.82, 2.24) is 14.5 Å². The molecule has 0 amide bonds. The highest BCUT2D eigenvalue weighted by Crippen LogP contribution is 2.34. The van der Waals surface area contributed by atoms with Crippen LogP contribution in [0.25, 0.3) is 33.4 Å². The lowest BCUT2D eigenvalue weighted by molar-refractivity contribution is -0.274. The Balaban J connectivity index is 0.000000140. The first-order chi connectivity index (χ1) is 40.0. The smallest absolute Gasteiger partial charge is 0.457 e. The van der Waals surface area contributed by atoms with Crippen LogP contribution in [0.15, 0.2) is 160 Å². The molecule has 15 heteroatoms. The maximum atomic E-state index is 13.3. The summed E-state index contributed by atoms with van der Waals surface area (Å²) in [5.74, 6) is 2.69. The van der Waals surface area contributed by atoms with Gasteiger partial charge in [-0.2, -0.15) is 0 Å².